The van der Waals surface area contributed by atoms with Crippen LogP contribution in [-0.4, -0.2) is 39.2 Å². The molecular formula is C27H27F2N4O4P. The third-order valence-electron chi connectivity index (χ3n) is 7.05. The monoisotopic (exact) mass is 540 g/mol. The van der Waals surface area contributed by atoms with E-state index in [9.17, 15) is 28.3 Å². The molecule has 0 spiro atoms. The third kappa shape index (κ3) is 4.65. The topological polar surface area (TPSA) is 94.9 Å². The highest BCUT2D eigenvalue weighted by molar-refractivity contribution is 7.27. The highest BCUT2D eigenvalue weighted by Crippen LogP contribution is 2.31. The summed E-state index contributed by atoms with van der Waals surface area (Å²) in [6.45, 7) is 2.27. The number of piperidine rings is 1. The number of aromatic nitrogens is 1. The molecule has 1 fully saturated rings. The first-order valence-electron chi connectivity index (χ1n) is 12.3. The Morgan fingerprint density at radius 3 is 2.63 bits per heavy atom. The Labute approximate surface area is 220 Å². The van der Waals surface area contributed by atoms with E-state index in [1.54, 1.807) is 30.0 Å². The normalized spacial score (nSPS) is 16.7. The number of benzene rings is 2. The number of aryl methyl sites for hydroxylation is 1. The molecule has 3 aromatic rings. The summed E-state index contributed by atoms with van der Waals surface area (Å²) in [6, 6.07) is 8.89. The molecule has 2 amide bonds. The zero-order valence-electron chi connectivity index (χ0n) is 20.7. The van der Waals surface area contributed by atoms with Crippen LogP contribution < -0.4 is 21.1 Å². The molecule has 8 nitrogen and oxygen atoms in total. The van der Waals surface area contributed by atoms with E-state index in [2.05, 4.69) is 14.6 Å². The molecule has 2 aliphatic rings. The molecule has 0 saturated carbocycles. The number of aromatic hydroxyl groups is 1. The molecule has 2 N–H and O–H groups in total. The van der Waals surface area contributed by atoms with E-state index >= 15 is 0 Å². The third-order valence-corrected chi connectivity index (χ3v) is 7.59. The van der Waals surface area contributed by atoms with Crippen molar-refractivity contribution in [1.82, 2.24) is 14.9 Å². The molecule has 1 unspecified atom stereocenters. The smallest absolute Gasteiger partial charge is 0.278 e. The maximum Gasteiger partial charge on any atom is 0.278 e. The van der Waals surface area contributed by atoms with Crippen molar-refractivity contribution < 1.29 is 23.5 Å². The van der Waals surface area contributed by atoms with Gasteiger partial charge in [-0.15, -0.1) is 9.24 Å². The molecule has 2 aromatic carbocycles. The van der Waals surface area contributed by atoms with Gasteiger partial charge in [-0.05, 0) is 60.8 Å². The Morgan fingerprint density at radius 2 is 1.89 bits per heavy atom. The second kappa shape index (κ2) is 10.2. The minimum atomic E-state index is -0.990. The quantitative estimate of drug-likeness (QED) is 0.486. The van der Waals surface area contributed by atoms with Gasteiger partial charge in [0.25, 0.3) is 11.8 Å². The predicted octanol–water partition coefficient (Wildman–Crippen LogP) is 2.67. The number of carbonyl (C=O) groups excluding carboxylic acids is 2. The fraction of sp³-hybridized carbons (Fsp3) is 0.296. The van der Waals surface area contributed by atoms with Gasteiger partial charge in [0.1, 0.15) is 23.4 Å². The van der Waals surface area contributed by atoms with Crippen molar-refractivity contribution >= 4 is 26.4 Å². The van der Waals surface area contributed by atoms with Crippen molar-refractivity contribution in [2.75, 3.05) is 11.6 Å². The molecule has 0 bridgehead atoms. The van der Waals surface area contributed by atoms with E-state index in [1.165, 1.54) is 29.1 Å². The van der Waals surface area contributed by atoms with Gasteiger partial charge in [-0.3, -0.25) is 24.1 Å². The van der Waals surface area contributed by atoms with Crippen LogP contribution in [0.2, 0.25) is 0 Å². The van der Waals surface area contributed by atoms with Crippen LogP contribution in [0.15, 0.2) is 47.4 Å². The Hall–Kier alpha value is -3.78. The molecule has 38 heavy (non-hydrogen) atoms. The highest BCUT2D eigenvalue weighted by Gasteiger charge is 2.41. The van der Waals surface area contributed by atoms with Crippen molar-refractivity contribution in [3.63, 3.8) is 0 Å². The second-order valence-electron chi connectivity index (χ2n) is 9.61. The van der Waals surface area contributed by atoms with Gasteiger partial charge >= 0.3 is 0 Å². The van der Waals surface area contributed by atoms with Crippen molar-refractivity contribution in [3.8, 4) is 5.75 Å². The highest BCUT2D eigenvalue weighted by atomic mass is 31.0. The van der Waals surface area contributed by atoms with Crippen LogP contribution in [0.5, 0.6) is 5.75 Å². The minimum absolute atomic E-state index is 0.150. The molecule has 2 aliphatic heterocycles. The summed E-state index contributed by atoms with van der Waals surface area (Å²) < 4.78 is 29.2. The Bertz CT molecular complexity index is 1510. The number of hydrogen-bond donors (Lipinski definition) is 2. The maximum atomic E-state index is 14.2. The lowest BCUT2D eigenvalue weighted by atomic mass is 10.0. The number of nitrogens with zero attached hydrogens (tertiary/aromatic N) is 3. The Balaban J connectivity index is 1.49. The number of rotatable bonds is 5. The van der Waals surface area contributed by atoms with Crippen molar-refractivity contribution in [2.24, 2.45) is 0 Å². The van der Waals surface area contributed by atoms with Crippen molar-refractivity contribution in [2.45, 2.75) is 45.4 Å². The van der Waals surface area contributed by atoms with Crippen LogP contribution in [0.25, 0.3) is 0 Å². The Kier molecular flexibility index (Phi) is 6.92. The van der Waals surface area contributed by atoms with E-state index in [0.29, 0.717) is 23.8 Å². The van der Waals surface area contributed by atoms with E-state index in [-0.39, 0.29) is 29.9 Å². The zero-order valence-corrected chi connectivity index (χ0v) is 21.9. The molecule has 2 atom stereocenters. The van der Waals surface area contributed by atoms with Crippen LogP contribution in [0, 0.1) is 18.6 Å². The zero-order chi connectivity index (χ0) is 27.1. The lowest BCUT2D eigenvalue weighted by Gasteiger charge is -2.49. The SMILES string of the molecule is Cc1ccc(CNC(=O)c2cn3c(c(O)c2=O)C(=O)N(Cc2ccc(F)cc2P)[C@@H]2CCCCN23)c(F)c1. The number of amides is 2. The molecule has 1 aromatic heterocycles. The van der Waals surface area contributed by atoms with Gasteiger partial charge in [0.2, 0.25) is 5.43 Å². The van der Waals surface area contributed by atoms with Gasteiger partial charge < -0.3 is 15.3 Å². The molecule has 3 heterocycles. The lowest BCUT2D eigenvalue weighted by Crippen LogP contribution is -2.62. The largest absolute Gasteiger partial charge is 0.502 e. The van der Waals surface area contributed by atoms with Gasteiger partial charge in [-0.25, -0.2) is 8.78 Å². The number of hydrogen-bond acceptors (Lipinski definition) is 5. The summed E-state index contributed by atoms with van der Waals surface area (Å²) in [6.07, 6.45) is 3.19. The maximum absolute atomic E-state index is 14.2. The fourth-order valence-electron chi connectivity index (χ4n) is 5.03. The standard InChI is InChI=1S/C27H27F2N4O4P/c1-15-5-6-16(20(29)10-15)12-30-26(36)19-14-33-23(25(35)24(19)34)27(37)31(22-4-2-3-9-32(22)33)13-17-7-8-18(28)11-21(17)38/h5-8,10-11,14,22,35H,2-4,9,12-13,38H2,1H3,(H,30,36)/t22-/m0/s1. The average Bonchev–Trinajstić information content (AvgIpc) is 2.88. The average molecular weight is 541 g/mol. The van der Waals surface area contributed by atoms with E-state index in [1.807, 2.05) is 5.01 Å². The Morgan fingerprint density at radius 1 is 1.13 bits per heavy atom. The summed E-state index contributed by atoms with van der Waals surface area (Å²) >= 11 is 0. The number of halogens is 2. The van der Waals surface area contributed by atoms with Crippen LogP contribution in [-0.2, 0) is 13.1 Å². The van der Waals surface area contributed by atoms with E-state index < -0.39 is 40.8 Å². The van der Waals surface area contributed by atoms with Crippen molar-refractivity contribution in [3.05, 3.63) is 92.4 Å². The first-order valence-corrected chi connectivity index (χ1v) is 12.9. The fourth-order valence-corrected chi connectivity index (χ4v) is 5.37. The first kappa shape index (κ1) is 25.9. The molecule has 11 heteroatoms. The van der Waals surface area contributed by atoms with Crippen LogP contribution in [0.3, 0.4) is 0 Å². The summed E-state index contributed by atoms with van der Waals surface area (Å²) in [5.41, 5.74) is 0.123. The van der Waals surface area contributed by atoms with Crippen LogP contribution >= 0.6 is 9.24 Å². The second-order valence-corrected chi connectivity index (χ2v) is 10.2. The molecule has 0 radical (unpaired) electrons. The number of pyridine rings is 1. The van der Waals surface area contributed by atoms with Gasteiger partial charge in [-0.1, -0.05) is 18.2 Å². The van der Waals surface area contributed by atoms with E-state index in [0.717, 1.165) is 18.4 Å². The molecular weight excluding hydrogens is 513 g/mol. The first-order chi connectivity index (χ1) is 18.2. The van der Waals surface area contributed by atoms with Gasteiger partial charge in [0, 0.05) is 31.4 Å². The van der Waals surface area contributed by atoms with Crippen LogP contribution in [0.4, 0.5) is 8.78 Å². The van der Waals surface area contributed by atoms with E-state index in [4.69, 9.17) is 0 Å². The predicted molar refractivity (Wildman–Crippen MR) is 141 cm³/mol. The van der Waals surface area contributed by atoms with Gasteiger partial charge in [-0.2, -0.15) is 0 Å². The van der Waals surface area contributed by atoms with Gasteiger partial charge in [0.05, 0.1) is 0 Å². The lowest BCUT2D eigenvalue weighted by molar-refractivity contribution is 0.0496. The van der Waals surface area contributed by atoms with Crippen LogP contribution in [0.1, 0.15) is 56.8 Å². The minimum Gasteiger partial charge on any atom is -0.502 e. The number of nitrogens with one attached hydrogen (secondary N) is 1. The number of fused-ring (bicyclic) bond motifs is 3. The summed E-state index contributed by atoms with van der Waals surface area (Å²) in [4.78, 5) is 41.2. The molecule has 198 valence electrons. The molecule has 1 saturated heterocycles. The summed E-state index contributed by atoms with van der Waals surface area (Å²) in [5, 5.41) is 15.9. The molecule has 5 rings (SSSR count). The van der Waals surface area contributed by atoms with Gasteiger partial charge in [0.15, 0.2) is 11.4 Å². The van der Waals surface area contributed by atoms with Crippen molar-refractivity contribution in [1.29, 1.82) is 0 Å². The summed E-state index contributed by atoms with van der Waals surface area (Å²) in [7, 11) is 2.46. The number of carbonyl (C=O) groups is 2. The molecule has 0 aliphatic carbocycles. The summed E-state index contributed by atoms with van der Waals surface area (Å²) in [5.74, 6) is -3.06.